The molecule has 0 aliphatic rings. The quantitative estimate of drug-likeness (QED) is 0.711. The predicted octanol–water partition coefficient (Wildman–Crippen LogP) is 0.547. The molecule has 0 aromatic carbocycles. The molecule has 0 aliphatic heterocycles. The summed E-state index contributed by atoms with van der Waals surface area (Å²) in [5.41, 5.74) is 5.96. The topological polar surface area (TPSA) is 82.2 Å². The second kappa shape index (κ2) is 6.24. The number of aryl methyl sites for hydroxylation is 1. The van der Waals surface area contributed by atoms with Gasteiger partial charge < -0.3 is 15.8 Å². The van der Waals surface area contributed by atoms with Crippen molar-refractivity contribution in [2.24, 2.45) is 7.05 Å². The summed E-state index contributed by atoms with van der Waals surface area (Å²) < 4.78 is 6.84. The molecule has 0 aliphatic carbocycles. The number of nitrogens with one attached hydrogen (secondary N) is 1. The van der Waals surface area contributed by atoms with Gasteiger partial charge in [0, 0.05) is 26.3 Å². The van der Waals surface area contributed by atoms with Crippen molar-refractivity contribution in [2.75, 3.05) is 18.9 Å². The van der Waals surface area contributed by atoms with Crippen LogP contribution in [0.3, 0.4) is 0 Å². The fourth-order valence-corrected chi connectivity index (χ4v) is 1.39. The Bertz CT molecular complexity index is 374. The van der Waals surface area contributed by atoms with Gasteiger partial charge in [-0.15, -0.1) is 0 Å². The second-order valence-corrected chi connectivity index (χ2v) is 4.11. The summed E-state index contributed by atoms with van der Waals surface area (Å²) in [6.45, 7) is 5.19. The molecule has 1 aromatic heterocycles. The largest absolute Gasteiger partial charge is 0.382 e. The Morgan fingerprint density at radius 3 is 2.88 bits per heavy atom. The number of hydrogen-bond donors (Lipinski definition) is 2. The van der Waals surface area contributed by atoms with Gasteiger partial charge in [0.1, 0.15) is 11.5 Å². The number of nitrogen functional groups attached to an aromatic ring is 1. The Balaban J connectivity index is 2.28. The van der Waals surface area contributed by atoms with Crippen molar-refractivity contribution in [3.05, 3.63) is 11.8 Å². The van der Waals surface area contributed by atoms with Crippen LogP contribution >= 0.6 is 0 Å². The van der Waals surface area contributed by atoms with Gasteiger partial charge in [0.2, 0.25) is 0 Å². The third-order valence-corrected chi connectivity index (χ3v) is 2.19. The molecule has 0 saturated carbocycles. The summed E-state index contributed by atoms with van der Waals surface area (Å²) in [7, 11) is 1.69. The highest BCUT2D eigenvalue weighted by Gasteiger charge is 2.10. The van der Waals surface area contributed by atoms with E-state index in [1.807, 2.05) is 13.8 Å². The van der Waals surface area contributed by atoms with Crippen LogP contribution in [-0.4, -0.2) is 34.9 Å². The number of carbonyl (C=O) groups excluding carboxylic acids is 1. The van der Waals surface area contributed by atoms with Crippen molar-refractivity contribution in [2.45, 2.75) is 26.4 Å². The number of amides is 1. The van der Waals surface area contributed by atoms with Crippen molar-refractivity contribution >= 4 is 11.7 Å². The minimum Gasteiger partial charge on any atom is -0.382 e. The van der Waals surface area contributed by atoms with E-state index in [-0.39, 0.29) is 12.0 Å². The van der Waals surface area contributed by atoms with Crippen molar-refractivity contribution in [3.63, 3.8) is 0 Å². The fourth-order valence-electron chi connectivity index (χ4n) is 1.39. The monoisotopic (exact) mass is 240 g/mol. The number of nitrogens with zero attached hydrogens (tertiary/aromatic N) is 2. The minimum atomic E-state index is -0.166. The maximum Gasteiger partial charge on any atom is 0.269 e. The molecule has 1 amide bonds. The lowest BCUT2D eigenvalue weighted by atomic mass is 10.3. The zero-order valence-corrected chi connectivity index (χ0v) is 10.6. The van der Waals surface area contributed by atoms with Gasteiger partial charge in [0.05, 0.1) is 6.10 Å². The van der Waals surface area contributed by atoms with Crippen molar-refractivity contribution < 1.29 is 9.53 Å². The van der Waals surface area contributed by atoms with Gasteiger partial charge in [0.25, 0.3) is 5.91 Å². The number of ether oxygens (including phenoxy) is 1. The van der Waals surface area contributed by atoms with Gasteiger partial charge in [-0.25, -0.2) is 0 Å². The molecular formula is C11H20N4O2. The van der Waals surface area contributed by atoms with Crippen molar-refractivity contribution in [1.29, 1.82) is 0 Å². The summed E-state index contributed by atoms with van der Waals surface area (Å²) >= 11 is 0. The van der Waals surface area contributed by atoms with Crippen LogP contribution in [0.1, 0.15) is 30.8 Å². The summed E-state index contributed by atoms with van der Waals surface area (Å²) in [6.07, 6.45) is 1.01. The maximum atomic E-state index is 11.7. The van der Waals surface area contributed by atoms with Crippen LogP contribution in [0, 0.1) is 0 Å². The standard InChI is InChI=1S/C11H20N4O2/c1-8(2)17-6-4-5-13-11(16)9-7-10(12)14-15(9)3/h7-8H,4-6H2,1-3H3,(H2,12,14)(H,13,16). The summed E-state index contributed by atoms with van der Waals surface area (Å²) in [4.78, 5) is 11.7. The zero-order valence-electron chi connectivity index (χ0n) is 10.6. The first-order valence-corrected chi connectivity index (χ1v) is 5.70. The molecule has 0 radical (unpaired) electrons. The molecule has 96 valence electrons. The van der Waals surface area contributed by atoms with Crippen LogP contribution in [0.15, 0.2) is 6.07 Å². The molecule has 0 spiro atoms. The number of carbonyl (C=O) groups is 1. The summed E-state index contributed by atoms with van der Waals surface area (Å²) in [5, 5.41) is 6.70. The molecule has 17 heavy (non-hydrogen) atoms. The maximum absolute atomic E-state index is 11.7. The average molecular weight is 240 g/mol. The van der Waals surface area contributed by atoms with Crippen LogP contribution in [0.2, 0.25) is 0 Å². The molecular weight excluding hydrogens is 220 g/mol. The molecule has 1 rings (SSSR count). The van der Waals surface area contributed by atoms with E-state index in [0.717, 1.165) is 6.42 Å². The van der Waals surface area contributed by atoms with Gasteiger partial charge in [-0.05, 0) is 20.3 Å². The van der Waals surface area contributed by atoms with E-state index in [2.05, 4.69) is 10.4 Å². The first kappa shape index (κ1) is 13.5. The average Bonchev–Trinajstić information content (AvgIpc) is 2.56. The lowest BCUT2D eigenvalue weighted by Gasteiger charge is -2.08. The third-order valence-electron chi connectivity index (χ3n) is 2.19. The Morgan fingerprint density at radius 2 is 2.35 bits per heavy atom. The van der Waals surface area contributed by atoms with E-state index in [1.54, 1.807) is 13.1 Å². The predicted molar refractivity (Wildman–Crippen MR) is 65.7 cm³/mol. The Kier molecular flexibility index (Phi) is 4.96. The van der Waals surface area contributed by atoms with E-state index < -0.39 is 0 Å². The van der Waals surface area contributed by atoms with E-state index >= 15 is 0 Å². The molecule has 3 N–H and O–H groups in total. The highest BCUT2D eigenvalue weighted by atomic mass is 16.5. The highest BCUT2D eigenvalue weighted by Crippen LogP contribution is 2.03. The summed E-state index contributed by atoms with van der Waals surface area (Å²) in [6, 6.07) is 1.56. The Morgan fingerprint density at radius 1 is 1.65 bits per heavy atom. The van der Waals surface area contributed by atoms with Gasteiger partial charge in [0.15, 0.2) is 0 Å². The number of nitrogens with two attached hydrogens (primary N) is 1. The smallest absolute Gasteiger partial charge is 0.269 e. The number of aromatic nitrogens is 2. The lowest BCUT2D eigenvalue weighted by Crippen LogP contribution is -2.27. The van der Waals surface area contributed by atoms with E-state index in [9.17, 15) is 4.79 Å². The van der Waals surface area contributed by atoms with Crippen LogP contribution in [0.4, 0.5) is 5.82 Å². The van der Waals surface area contributed by atoms with Crippen molar-refractivity contribution in [1.82, 2.24) is 15.1 Å². The molecule has 0 fully saturated rings. The van der Waals surface area contributed by atoms with Crippen LogP contribution in [-0.2, 0) is 11.8 Å². The summed E-state index contributed by atoms with van der Waals surface area (Å²) in [5.74, 6) is 0.182. The lowest BCUT2D eigenvalue weighted by molar-refractivity contribution is 0.0756. The van der Waals surface area contributed by atoms with Crippen LogP contribution in [0.5, 0.6) is 0 Å². The first-order chi connectivity index (χ1) is 8.00. The molecule has 1 aromatic rings. The Labute approximate surface area is 101 Å². The van der Waals surface area contributed by atoms with E-state index in [0.29, 0.717) is 24.7 Å². The Hall–Kier alpha value is -1.56. The normalized spacial score (nSPS) is 10.8. The van der Waals surface area contributed by atoms with Gasteiger partial charge in [-0.3, -0.25) is 9.48 Å². The highest BCUT2D eigenvalue weighted by molar-refractivity contribution is 5.93. The second-order valence-electron chi connectivity index (χ2n) is 4.11. The van der Waals surface area contributed by atoms with Crippen LogP contribution < -0.4 is 11.1 Å². The fraction of sp³-hybridized carbons (Fsp3) is 0.636. The molecule has 0 saturated heterocycles. The van der Waals surface area contributed by atoms with Crippen LogP contribution in [0.25, 0.3) is 0 Å². The number of rotatable bonds is 6. The number of hydrogen-bond acceptors (Lipinski definition) is 4. The molecule has 6 heteroatoms. The SMILES string of the molecule is CC(C)OCCCNC(=O)c1cc(N)nn1C. The van der Waals surface area contributed by atoms with Gasteiger partial charge in [-0.2, -0.15) is 5.10 Å². The molecule has 0 unspecified atom stereocenters. The van der Waals surface area contributed by atoms with E-state index in [4.69, 9.17) is 10.5 Å². The molecule has 0 bridgehead atoms. The van der Waals surface area contributed by atoms with Gasteiger partial charge in [-0.1, -0.05) is 0 Å². The molecule has 1 heterocycles. The van der Waals surface area contributed by atoms with E-state index in [1.165, 1.54) is 4.68 Å². The first-order valence-electron chi connectivity index (χ1n) is 5.70. The third kappa shape index (κ3) is 4.44. The van der Waals surface area contributed by atoms with Crippen molar-refractivity contribution in [3.8, 4) is 0 Å². The molecule has 6 nitrogen and oxygen atoms in total. The number of anilines is 1. The van der Waals surface area contributed by atoms with Gasteiger partial charge >= 0.3 is 0 Å². The zero-order chi connectivity index (χ0) is 12.8. The molecule has 0 atom stereocenters. The minimum absolute atomic E-state index is 0.166.